The Bertz CT molecular complexity index is 700. The van der Waals surface area contributed by atoms with Crippen LogP contribution in [0.2, 0.25) is 0 Å². The summed E-state index contributed by atoms with van der Waals surface area (Å²) < 4.78 is 27.1. The molecule has 0 atom stereocenters. The monoisotopic (exact) mass is 288 g/mol. The van der Waals surface area contributed by atoms with E-state index in [4.69, 9.17) is 5.21 Å². The van der Waals surface area contributed by atoms with E-state index in [0.29, 0.717) is 24.2 Å². The van der Waals surface area contributed by atoms with Crippen LogP contribution in [0, 0.1) is 11.6 Å². The van der Waals surface area contributed by atoms with Gasteiger partial charge in [-0.15, -0.1) is 0 Å². The van der Waals surface area contributed by atoms with E-state index in [1.807, 2.05) is 29.2 Å². The average molecular weight is 288 g/mol. The van der Waals surface area contributed by atoms with E-state index in [1.54, 1.807) is 6.07 Å². The maximum absolute atomic E-state index is 13.8. The molecule has 0 amide bonds. The first-order valence-electron chi connectivity index (χ1n) is 6.69. The molecule has 1 aliphatic heterocycles. The molecule has 1 aliphatic rings. The van der Waals surface area contributed by atoms with Gasteiger partial charge in [-0.1, -0.05) is 35.5 Å². The molecule has 2 aromatic rings. The van der Waals surface area contributed by atoms with E-state index in [-0.39, 0.29) is 6.54 Å². The minimum atomic E-state index is -0.838. The molecule has 5 heteroatoms. The van der Waals surface area contributed by atoms with Crippen LogP contribution in [0.15, 0.2) is 47.6 Å². The molecule has 21 heavy (non-hydrogen) atoms. The highest BCUT2D eigenvalue weighted by Gasteiger charge is 2.22. The molecule has 2 aromatic carbocycles. The predicted octanol–water partition coefficient (Wildman–Crippen LogP) is 3.55. The summed E-state index contributed by atoms with van der Waals surface area (Å²) in [5, 5.41) is 12.4. The lowest BCUT2D eigenvalue weighted by molar-refractivity contribution is 0.317. The fourth-order valence-electron chi connectivity index (χ4n) is 2.63. The first-order valence-corrected chi connectivity index (χ1v) is 6.69. The number of para-hydroxylation sites is 1. The summed E-state index contributed by atoms with van der Waals surface area (Å²) in [6.07, 6.45) is 0.560. The number of anilines is 1. The number of benzene rings is 2. The summed E-state index contributed by atoms with van der Waals surface area (Å²) in [5.74, 6) is -1.65. The molecule has 0 spiro atoms. The van der Waals surface area contributed by atoms with Crippen molar-refractivity contribution in [2.75, 3.05) is 11.4 Å². The van der Waals surface area contributed by atoms with Gasteiger partial charge in [-0.05, 0) is 12.1 Å². The zero-order valence-electron chi connectivity index (χ0n) is 11.3. The highest BCUT2D eigenvalue weighted by molar-refractivity contribution is 6.06. The van der Waals surface area contributed by atoms with Crippen LogP contribution in [0.5, 0.6) is 0 Å². The Morgan fingerprint density at radius 2 is 1.90 bits per heavy atom. The molecular formula is C16H14F2N2O. The molecule has 0 aromatic heterocycles. The number of fused-ring (bicyclic) bond motifs is 1. The Morgan fingerprint density at radius 3 is 2.71 bits per heavy atom. The van der Waals surface area contributed by atoms with Crippen molar-refractivity contribution < 1.29 is 14.0 Å². The Kier molecular flexibility index (Phi) is 3.56. The zero-order chi connectivity index (χ0) is 14.8. The molecule has 108 valence electrons. The van der Waals surface area contributed by atoms with E-state index < -0.39 is 11.6 Å². The summed E-state index contributed by atoms with van der Waals surface area (Å²) in [4.78, 5) is 1.96. The van der Waals surface area contributed by atoms with Crippen molar-refractivity contribution in [1.82, 2.24) is 0 Å². The Morgan fingerprint density at radius 1 is 1.10 bits per heavy atom. The number of halogens is 2. The fraction of sp³-hybridized carbons (Fsp3) is 0.188. The molecule has 0 saturated carbocycles. The summed E-state index contributed by atoms with van der Waals surface area (Å²) >= 11 is 0. The van der Waals surface area contributed by atoms with E-state index >= 15 is 0 Å². The maximum atomic E-state index is 13.8. The van der Waals surface area contributed by atoms with Crippen LogP contribution in [-0.4, -0.2) is 17.5 Å². The molecule has 1 heterocycles. The highest BCUT2D eigenvalue weighted by Crippen LogP contribution is 2.29. The van der Waals surface area contributed by atoms with Crippen LogP contribution in [0.4, 0.5) is 14.5 Å². The quantitative estimate of drug-likeness (QED) is 0.677. The van der Waals surface area contributed by atoms with Gasteiger partial charge in [-0.3, -0.25) is 0 Å². The summed E-state index contributed by atoms with van der Waals surface area (Å²) in [6, 6.07) is 11.7. The zero-order valence-corrected chi connectivity index (χ0v) is 11.3. The van der Waals surface area contributed by atoms with E-state index in [1.165, 1.54) is 6.07 Å². The number of hydrogen-bond donors (Lipinski definition) is 1. The van der Waals surface area contributed by atoms with Crippen molar-refractivity contribution >= 4 is 11.4 Å². The topological polar surface area (TPSA) is 35.8 Å². The van der Waals surface area contributed by atoms with E-state index in [0.717, 1.165) is 17.3 Å². The van der Waals surface area contributed by atoms with Crippen molar-refractivity contribution in [1.29, 1.82) is 0 Å². The molecule has 3 rings (SSSR count). The standard InChI is InChI=1S/C16H14F2N2O/c17-13-6-3-4-11(16(13)18)10-20-9-8-14(19-21)12-5-1-2-7-15(12)20/h1-7,21H,8-10H2. The molecule has 3 nitrogen and oxygen atoms in total. The SMILES string of the molecule is ON=C1CCN(Cc2cccc(F)c2F)c2ccccc21. The maximum Gasteiger partial charge on any atom is 0.163 e. The second-order valence-electron chi connectivity index (χ2n) is 4.95. The lowest BCUT2D eigenvalue weighted by Gasteiger charge is -2.31. The molecular weight excluding hydrogens is 274 g/mol. The van der Waals surface area contributed by atoms with Crippen molar-refractivity contribution in [2.24, 2.45) is 5.16 Å². The molecule has 1 N–H and O–H groups in total. The van der Waals surface area contributed by atoms with Gasteiger partial charge in [0.05, 0.1) is 5.71 Å². The van der Waals surface area contributed by atoms with Crippen LogP contribution in [-0.2, 0) is 6.54 Å². The van der Waals surface area contributed by atoms with E-state index in [9.17, 15) is 8.78 Å². The van der Waals surface area contributed by atoms with Crippen LogP contribution >= 0.6 is 0 Å². The lowest BCUT2D eigenvalue weighted by Crippen LogP contribution is -2.32. The summed E-state index contributed by atoms with van der Waals surface area (Å²) in [5.41, 5.74) is 2.61. The first-order chi connectivity index (χ1) is 10.2. The number of nitrogens with zero attached hydrogens (tertiary/aromatic N) is 2. The van der Waals surface area contributed by atoms with Crippen molar-refractivity contribution in [3.05, 3.63) is 65.2 Å². The normalized spacial score (nSPS) is 16.1. The van der Waals surface area contributed by atoms with Crippen LogP contribution < -0.4 is 4.90 Å². The molecule has 0 fully saturated rings. The largest absolute Gasteiger partial charge is 0.411 e. The van der Waals surface area contributed by atoms with Crippen LogP contribution in [0.3, 0.4) is 0 Å². The third kappa shape index (κ3) is 2.46. The first kappa shape index (κ1) is 13.5. The molecule has 0 unspecified atom stereocenters. The van der Waals surface area contributed by atoms with Crippen molar-refractivity contribution in [3.63, 3.8) is 0 Å². The second kappa shape index (κ2) is 5.52. The van der Waals surface area contributed by atoms with Crippen molar-refractivity contribution in [3.8, 4) is 0 Å². The van der Waals surface area contributed by atoms with Gasteiger partial charge in [0.2, 0.25) is 0 Å². The summed E-state index contributed by atoms with van der Waals surface area (Å²) in [7, 11) is 0. The number of rotatable bonds is 2. The molecule has 0 aliphatic carbocycles. The van der Waals surface area contributed by atoms with Crippen LogP contribution in [0.1, 0.15) is 17.5 Å². The predicted molar refractivity (Wildman–Crippen MR) is 76.8 cm³/mol. The molecule has 0 radical (unpaired) electrons. The van der Waals surface area contributed by atoms with Gasteiger partial charge < -0.3 is 10.1 Å². The summed E-state index contributed by atoms with van der Waals surface area (Å²) in [6.45, 7) is 0.867. The van der Waals surface area contributed by atoms with Gasteiger partial charge in [0, 0.05) is 36.3 Å². The van der Waals surface area contributed by atoms with Gasteiger partial charge in [0.15, 0.2) is 11.6 Å². The lowest BCUT2D eigenvalue weighted by atomic mass is 9.99. The second-order valence-corrected chi connectivity index (χ2v) is 4.95. The fourth-order valence-corrected chi connectivity index (χ4v) is 2.63. The third-order valence-corrected chi connectivity index (χ3v) is 3.69. The molecule has 0 saturated heterocycles. The number of hydrogen-bond acceptors (Lipinski definition) is 3. The van der Waals surface area contributed by atoms with Gasteiger partial charge in [0.1, 0.15) is 0 Å². The van der Waals surface area contributed by atoms with Gasteiger partial charge in [-0.25, -0.2) is 8.78 Å². The average Bonchev–Trinajstić information content (AvgIpc) is 2.52. The Labute approximate surface area is 121 Å². The van der Waals surface area contributed by atoms with Crippen LogP contribution in [0.25, 0.3) is 0 Å². The smallest absolute Gasteiger partial charge is 0.163 e. The van der Waals surface area contributed by atoms with Crippen molar-refractivity contribution in [2.45, 2.75) is 13.0 Å². The third-order valence-electron chi connectivity index (χ3n) is 3.69. The van der Waals surface area contributed by atoms with E-state index in [2.05, 4.69) is 5.16 Å². The number of oxime groups is 1. The van der Waals surface area contributed by atoms with Gasteiger partial charge in [-0.2, -0.15) is 0 Å². The molecule has 0 bridgehead atoms. The van der Waals surface area contributed by atoms with Gasteiger partial charge >= 0.3 is 0 Å². The minimum Gasteiger partial charge on any atom is -0.411 e. The Hall–Kier alpha value is -2.43. The minimum absolute atomic E-state index is 0.277. The Balaban J connectivity index is 1.96. The highest BCUT2D eigenvalue weighted by atomic mass is 19.2. The van der Waals surface area contributed by atoms with Gasteiger partial charge in [0.25, 0.3) is 0 Å².